The van der Waals surface area contributed by atoms with Crippen molar-refractivity contribution in [3.63, 3.8) is 0 Å². The maximum absolute atomic E-state index is 12.9. The third kappa shape index (κ3) is 6.59. The van der Waals surface area contributed by atoms with E-state index in [1.807, 2.05) is 40.1 Å². The van der Waals surface area contributed by atoms with Crippen LogP contribution < -0.4 is 4.74 Å². The van der Waals surface area contributed by atoms with Gasteiger partial charge in [-0.25, -0.2) is 4.39 Å². The van der Waals surface area contributed by atoms with Gasteiger partial charge in [-0.2, -0.15) is 0 Å². The minimum Gasteiger partial charge on any atom is -0.494 e. The smallest absolute Gasteiger partial charge is 0.223 e. The number of hydrogen-bond donors (Lipinski definition) is 0. The highest BCUT2D eigenvalue weighted by Crippen LogP contribution is 2.12. The molecule has 0 atom stereocenters. The molecule has 1 heterocycles. The van der Waals surface area contributed by atoms with E-state index in [0.29, 0.717) is 58.5 Å². The number of aryl methyl sites for hydroxylation is 1. The van der Waals surface area contributed by atoms with Gasteiger partial charge in [-0.15, -0.1) is 0 Å². The van der Waals surface area contributed by atoms with Crippen LogP contribution in [-0.2, 0) is 16.0 Å². The number of benzene rings is 2. The topological polar surface area (TPSA) is 49.9 Å². The first-order valence-electron chi connectivity index (χ1n) is 10.1. The number of hydrogen-bond acceptors (Lipinski definition) is 3. The highest BCUT2D eigenvalue weighted by atomic mass is 19.1. The molecular weight excluding hydrogens is 371 g/mol. The second kappa shape index (κ2) is 10.6. The van der Waals surface area contributed by atoms with Crippen molar-refractivity contribution >= 4 is 11.8 Å². The molecule has 0 bridgehead atoms. The van der Waals surface area contributed by atoms with Gasteiger partial charge in [-0.3, -0.25) is 9.59 Å². The van der Waals surface area contributed by atoms with E-state index in [9.17, 15) is 14.0 Å². The van der Waals surface area contributed by atoms with E-state index in [0.717, 1.165) is 11.3 Å². The van der Waals surface area contributed by atoms with Gasteiger partial charge in [0.25, 0.3) is 0 Å². The number of para-hydroxylation sites is 1. The molecule has 0 N–H and O–H groups in total. The number of rotatable bonds is 8. The Bertz CT molecular complexity index is 788. The summed E-state index contributed by atoms with van der Waals surface area (Å²) in [6.07, 6.45) is 2.12. The molecule has 1 aliphatic heterocycles. The lowest BCUT2D eigenvalue weighted by molar-refractivity contribution is -0.139. The minimum atomic E-state index is -0.271. The van der Waals surface area contributed by atoms with Crippen molar-refractivity contribution in [3.8, 4) is 5.75 Å². The van der Waals surface area contributed by atoms with Crippen molar-refractivity contribution in [2.45, 2.75) is 25.7 Å². The van der Waals surface area contributed by atoms with Crippen LogP contribution in [0.4, 0.5) is 4.39 Å². The number of nitrogens with zero attached hydrogens (tertiary/aromatic N) is 2. The molecule has 3 rings (SSSR count). The normalized spacial score (nSPS) is 14.0. The van der Waals surface area contributed by atoms with Gasteiger partial charge in [0.15, 0.2) is 0 Å². The van der Waals surface area contributed by atoms with E-state index in [-0.39, 0.29) is 17.6 Å². The van der Waals surface area contributed by atoms with E-state index in [2.05, 4.69) is 0 Å². The van der Waals surface area contributed by atoms with Crippen LogP contribution in [0, 0.1) is 5.82 Å². The van der Waals surface area contributed by atoms with Crippen molar-refractivity contribution in [3.05, 3.63) is 66.0 Å². The molecule has 0 aliphatic carbocycles. The van der Waals surface area contributed by atoms with E-state index in [4.69, 9.17) is 4.74 Å². The van der Waals surface area contributed by atoms with Gasteiger partial charge in [0.05, 0.1) is 6.61 Å². The van der Waals surface area contributed by atoms with Crippen LogP contribution in [0.3, 0.4) is 0 Å². The number of carbonyl (C=O) groups excluding carboxylic acids is 2. The van der Waals surface area contributed by atoms with Crippen molar-refractivity contribution in [2.75, 3.05) is 32.8 Å². The number of carbonyl (C=O) groups is 2. The second-order valence-corrected chi connectivity index (χ2v) is 7.15. The van der Waals surface area contributed by atoms with Gasteiger partial charge in [0, 0.05) is 39.0 Å². The van der Waals surface area contributed by atoms with Gasteiger partial charge in [-0.05, 0) is 42.7 Å². The van der Waals surface area contributed by atoms with E-state index >= 15 is 0 Å². The molecule has 1 fully saturated rings. The maximum Gasteiger partial charge on any atom is 0.223 e. The predicted molar refractivity (Wildman–Crippen MR) is 109 cm³/mol. The third-order valence-corrected chi connectivity index (χ3v) is 5.07. The molecule has 154 valence electrons. The van der Waals surface area contributed by atoms with Crippen molar-refractivity contribution in [1.82, 2.24) is 9.80 Å². The predicted octanol–water partition coefficient (Wildman–Crippen LogP) is 3.29. The van der Waals surface area contributed by atoms with E-state index < -0.39 is 0 Å². The zero-order valence-corrected chi connectivity index (χ0v) is 16.6. The van der Waals surface area contributed by atoms with Crippen molar-refractivity contribution in [2.24, 2.45) is 0 Å². The van der Waals surface area contributed by atoms with E-state index in [1.54, 1.807) is 12.1 Å². The Morgan fingerprint density at radius 1 is 0.828 bits per heavy atom. The molecule has 0 aromatic heterocycles. The lowest BCUT2D eigenvalue weighted by Crippen LogP contribution is -2.50. The highest BCUT2D eigenvalue weighted by Gasteiger charge is 2.23. The fourth-order valence-corrected chi connectivity index (χ4v) is 3.35. The molecular formula is C23H27FN2O3. The Kier molecular flexibility index (Phi) is 7.61. The first-order chi connectivity index (χ1) is 14.1. The van der Waals surface area contributed by atoms with Crippen LogP contribution in [-0.4, -0.2) is 54.4 Å². The summed E-state index contributed by atoms with van der Waals surface area (Å²) in [7, 11) is 0. The number of amides is 2. The first kappa shape index (κ1) is 20.8. The summed E-state index contributed by atoms with van der Waals surface area (Å²) in [4.78, 5) is 28.4. The molecule has 2 aromatic carbocycles. The molecule has 2 amide bonds. The standard InChI is InChI=1S/C23H27FN2O3/c24-20-11-8-19(9-12-20)10-13-23(28)26-16-14-25(15-17-26)22(27)7-4-18-29-21-5-2-1-3-6-21/h1-3,5-6,8-9,11-12H,4,7,10,13-18H2. The van der Waals surface area contributed by atoms with Crippen molar-refractivity contribution < 1.29 is 18.7 Å². The average Bonchev–Trinajstić information content (AvgIpc) is 2.77. The average molecular weight is 398 g/mol. The van der Waals surface area contributed by atoms with Gasteiger partial charge in [0.1, 0.15) is 11.6 Å². The molecule has 0 spiro atoms. The molecule has 6 heteroatoms. The Labute approximate surface area is 171 Å². The van der Waals surface area contributed by atoms with Crippen LogP contribution in [0.1, 0.15) is 24.8 Å². The lowest BCUT2D eigenvalue weighted by atomic mass is 10.1. The SMILES string of the molecule is O=C(CCCOc1ccccc1)N1CCN(C(=O)CCc2ccc(F)cc2)CC1. The van der Waals surface area contributed by atoms with Crippen LogP contribution in [0.5, 0.6) is 5.75 Å². The third-order valence-electron chi connectivity index (χ3n) is 5.07. The molecule has 2 aromatic rings. The Morgan fingerprint density at radius 3 is 2.03 bits per heavy atom. The summed E-state index contributed by atoms with van der Waals surface area (Å²) in [6.45, 7) is 2.78. The molecule has 0 unspecified atom stereocenters. The van der Waals surface area contributed by atoms with Gasteiger partial charge < -0.3 is 14.5 Å². The van der Waals surface area contributed by atoms with Gasteiger partial charge >= 0.3 is 0 Å². The summed E-state index contributed by atoms with van der Waals surface area (Å²) in [5.74, 6) is 0.734. The van der Waals surface area contributed by atoms with Gasteiger partial charge in [-0.1, -0.05) is 30.3 Å². The molecule has 1 aliphatic rings. The lowest BCUT2D eigenvalue weighted by Gasteiger charge is -2.35. The molecule has 0 radical (unpaired) electrons. The minimum absolute atomic E-state index is 0.0812. The zero-order chi connectivity index (χ0) is 20.5. The molecule has 0 saturated carbocycles. The first-order valence-corrected chi connectivity index (χ1v) is 10.1. The quantitative estimate of drug-likeness (QED) is 0.641. The molecule has 5 nitrogen and oxygen atoms in total. The summed E-state index contributed by atoms with van der Waals surface area (Å²) < 4.78 is 18.6. The fraction of sp³-hybridized carbons (Fsp3) is 0.391. The second-order valence-electron chi connectivity index (χ2n) is 7.15. The van der Waals surface area contributed by atoms with Crippen molar-refractivity contribution in [1.29, 1.82) is 0 Å². The fourth-order valence-electron chi connectivity index (χ4n) is 3.35. The summed E-state index contributed by atoms with van der Waals surface area (Å²) in [6, 6.07) is 15.8. The Hall–Kier alpha value is -2.89. The summed E-state index contributed by atoms with van der Waals surface area (Å²) >= 11 is 0. The van der Waals surface area contributed by atoms with Gasteiger partial charge in [0.2, 0.25) is 11.8 Å². The Balaban J connectivity index is 1.32. The summed E-state index contributed by atoms with van der Waals surface area (Å²) in [5.41, 5.74) is 0.950. The van der Waals surface area contributed by atoms with Crippen LogP contribution in [0.15, 0.2) is 54.6 Å². The highest BCUT2D eigenvalue weighted by molar-refractivity contribution is 5.78. The summed E-state index contributed by atoms with van der Waals surface area (Å²) in [5, 5.41) is 0. The molecule has 29 heavy (non-hydrogen) atoms. The van der Waals surface area contributed by atoms with E-state index in [1.165, 1.54) is 12.1 Å². The number of halogens is 1. The number of ether oxygens (including phenoxy) is 1. The zero-order valence-electron chi connectivity index (χ0n) is 16.6. The van der Waals surface area contributed by atoms with Crippen LogP contribution in [0.2, 0.25) is 0 Å². The Morgan fingerprint density at radius 2 is 1.41 bits per heavy atom. The number of piperazine rings is 1. The monoisotopic (exact) mass is 398 g/mol. The molecule has 1 saturated heterocycles. The largest absolute Gasteiger partial charge is 0.494 e. The van der Waals surface area contributed by atoms with Crippen LogP contribution >= 0.6 is 0 Å². The van der Waals surface area contributed by atoms with Crippen LogP contribution in [0.25, 0.3) is 0 Å². The maximum atomic E-state index is 12.9.